The molecule has 5 nitrogen and oxygen atoms in total. The Bertz CT molecular complexity index is 325. The van der Waals surface area contributed by atoms with E-state index < -0.39 is 0 Å². The maximum Gasteiger partial charge on any atom is 0.191 e. The van der Waals surface area contributed by atoms with Crippen molar-refractivity contribution in [2.24, 2.45) is 10.4 Å². The average molecular weight is 440 g/mol. The molecule has 1 heterocycles. The minimum atomic E-state index is 0. The number of methoxy groups -OCH3 is 1. The predicted molar refractivity (Wildman–Crippen MR) is 110 cm³/mol. The number of rotatable bonds is 8. The van der Waals surface area contributed by atoms with Crippen LogP contribution >= 0.6 is 24.0 Å². The third kappa shape index (κ3) is 9.72. The van der Waals surface area contributed by atoms with Gasteiger partial charge in [0.15, 0.2) is 5.96 Å². The topological polar surface area (TPSA) is 48.9 Å². The van der Waals surface area contributed by atoms with Crippen molar-refractivity contribution in [2.75, 3.05) is 46.9 Å². The van der Waals surface area contributed by atoms with Crippen molar-refractivity contribution >= 4 is 29.9 Å². The summed E-state index contributed by atoms with van der Waals surface area (Å²) in [5, 5.41) is 6.75. The summed E-state index contributed by atoms with van der Waals surface area (Å²) in [7, 11) is 3.59. The molecule has 0 saturated carbocycles. The second-order valence-electron chi connectivity index (χ2n) is 7.23. The molecule has 1 rings (SSSR count). The fraction of sp³-hybridized carbons (Fsp3) is 0.941. The van der Waals surface area contributed by atoms with Gasteiger partial charge in [0.2, 0.25) is 0 Å². The molecule has 1 atom stereocenters. The largest absolute Gasteiger partial charge is 0.379 e. The lowest BCUT2D eigenvalue weighted by Crippen LogP contribution is -2.45. The molecular formula is C17H37IN4O. The molecule has 0 radical (unpaired) electrons. The minimum Gasteiger partial charge on any atom is -0.379 e. The number of halogens is 1. The zero-order valence-electron chi connectivity index (χ0n) is 15.7. The molecule has 1 unspecified atom stereocenters. The van der Waals surface area contributed by atoms with Gasteiger partial charge in [-0.2, -0.15) is 0 Å². The smallest absolute Gasteiger partial charge is 0.191 e. The quantitative estimate of drug-likeness (QED) is 0.264. The first-order valence-electron chi connectivity index (χ1n) is 8.67. The van der Waals surface area contributed by atoms with Gasteiger partial charge in [-0.05, 0) is 50.7 Å². The van der Waals surface area contributed by atoms with Crippen LogP contribution in [0.2, 0.25) is 0 Å². The molecule has 1 aliphatic rings. The number of unbranched alkanes of at least 4 members (excludes halogenated alkanes) is 1. The van der Waals surface area contributed by atoms with Gasteiger partial charge in [-0.3, -0.25) is 4.99 Å². The fourth-order valence-corrected chi connectivity index (χ4v) is 2.83. The van der Waals surface area contributed by atoms with E-state index in [2.05, 4.69) is 41.3 Å². The second-order valence-corrected chi connectivity index (χ2v) is 7.23. The van der Waals surface area contributed by atoms with E-state index in [-0.39, 0.29) is 35.5 Å². The molecule has 0 spiro atoms. The minimum absolute atomic E-state index is 0. The van der Waals surface area contributed by atoms with E-state index in [1.54, 1.807) is 7.11 Å². The molecule has 0 aromatic rings. The van der Waals surface area contributed by atoms with E-state index in [1.807, 2.05) is 7.05 Å². The molecule has 1 saturated heterocycles. The van der Waals surface area contributed by atoms with Crippen LogP contribution in [-0.2, 0) is 4.74 Å². The lowest BCUT2D eigenvalue weighted by molar-refractivity contribution is 0.0205. The Hall–Kier alpha value is -0.0800. The number of guanidine groups is 1. The van der Waals surface area contributed by atoms with Gasteiger partial charge in [0, 0.05) is 27.2 Å². The highest BCUT2D eigenvalue weighted by atomic mass is 127. The number of nitrogens with zero attached hydrogens (tertiary/aromatic N) is 2. The lowest BCUT2D eigenvalue weighted by atomic mass is 9.89. The third-order valence-corrected chi connectivity index (χ3v) is 4.32. The molecule has 23 heavy (non-hydrogen) atoms. The summed E-state index contributed by atoms with van der Waals surface area (Å²) in [5.41, 5.74) is 0.121. The van der Waals surface area contributed by atoms with Crippen LogP contribution in [0.15, 0.2) is 4.99 Å². The van der Waals surface area contributed by atoms with Gasteiger partial charge >= 0.3 is 0 Å². The summed E-state index contributed by atoms with van der Waals surface area (Å²) in [6, 6.07) is 0. The summed E-state index contributed by atoms with van der Waals surface area (Å²) < 4.78 is 5.56. The highest BCUT2D eigenvalue weighted by molar-refractivity contribution is 14.0. The van der Waals surface area contributed by atoms with E-state index in [9.17, 15) is 0 Å². The first-order valence-corrected chi connectivity index (χ1v) is 8.67. The van der Waals surface area contributed by atoms with Crippen LogP contribution in [-0.4, -0.2) is 63.8 Å². The molecule has 2 N–H and O–H groups in total. The van der Waals surface area contributed by atoms with Crippen molar-refractivity contribution in [1.29, 1.82) is 0 Å². The highest BCUT2D eigenvalue weighted by Crippen LogP contribution is 2.20. The van der Waals surface area contributed by atoms with Crippen LogP contribution in [0.5, 0.6) is 0 Å². The molecule has 0 bridgehead atoms. The number of nitrogens with one attached hydrogen (secondary N) is 2. The molecule has 0 aliphatic carbocycles. The third-order valence-electron chi connectivity index (χ3n) is 4.32. The molecule has 0 amide bonds. The summed E-state index contributed by atoms with van der Waals surface area (Å²) >= 11 is 0. The Morgan fingerprint density at radius 2 is 1.83 bits per heavy atom. The van der Waals surface area contributed by atoms with E-state index in [1.165, 1.54) is 45.3 Å². The molecule has 6 heteroatoms. The fourth-order valence-electron chi connectivity index (χ4n) is 2.83. The monoisotopic (exact) mass is 440 g/mol. The SMILES string of the molecule is CN=C(NCCCCN1CCCC1)NCC(OC)C(C)(C)C.I. The molecule has 0 aromatic carbocycles. The van der Waals surface area contributed by atoms with Gasteiger partial charge in [-0.1, -0.05) is 20.8 Å². The molecule has 138 valence electrons. The van der Waals surface area contributed by atoms with Crippen LogP contribution < -0.4 is 10.6 Å². The number of ether oxygens (including phenoxy) is 1. The predicted octanol–water partition coefficient (Wildman–Crippen LogP) is 2.71. The first kappa shape index (κ1) is 22.9. The Balaban J connectivity index is 0.00000484. The average Bonchev–Trinajstić information content (AvgIpc) is 2.97. The summed E-state index contributed by atoms with van der Waals surface area (Å²) in [4.78, 5) is 6.85. The lowest BCUT2D eigenvalue weighted by Gasteiger charge is -2.30. The zero-order valence-corrected chi connectivity index (χ0v) is 18.0. The molecule has 1 fully saturated rings. The van der Waals surface area contributed by atoms with Crippen molar-refractivity contribution in [2.45, 2.75) is 52.6 Å². The van der Waals surface area contributed by atoms with Gasteiger partial charge in [0.05, 0.1) is 6.10 Å². The van der Waals surface area contributed by atoms with Crippen LogP contribution in [0.1, 0.15) is 46.5 Å². The molecular weight excluding hydrogens is 403 g/mol. The maximum absolute atomic E-state index is 5.56. The van der Waals surface area contributed by atoms with Crippen molar-refractivity contribution in [1.82, 2.24) is 15.5 Å². The normalized spacial score (nSPS) is 17.7. The van der Waals surface area contributed by atoms with Crippen molar-refractivity contribution < 1.29 is 4.74 Å². The second kappa shape index (κ2) is 12.3. The summed E-state index contributed by atoms with van der Waals surface area (Å²) in [6.07, 6.45) is 5.37. The van der Waals surface area contributed by atoms with Gasteiger partial charge in [0.25, 0.3) is 0 Å². The van der Waals surface area contributed by atoms with Crippen LogP contribution in [0.4, 0.5) is 0 Å². The summed E-state index contributed by atoms with van der Waals surface area (Å²) in [5.74, 6) is 0.868. The van der Waals surface area contributed by atoms with Crippen molar-refractivity contribution in [3.63, 3.8) is 0 Å². The standard InChI is InChI=1S/C17H36N4O.HI/c1-17(2,3)15(22-5)14-20-16(18-4)19-10-6-7-11-21-12-8-9-13-21;/h15H,6-14H2,1-5H3,(H2,18,19,20);1H. The number of hydrogen-bond acceptors (Lipinski definition) is 3. The number of aliphatic imine (C=N–C) groups is 1. The van der Waals surface area contributed by atoms with E-state index in [4.69, 9.17) is 4.74 Å². The number of likely N-dealkylation sites (tertiary alicyclic amines) is 1. The van der Waals surface area contributed by atoms with Gasteiger partial charge in [0.1, 0.15) is 0 Å². The maximum atomic E-state index is 5.56. The zero-order chi connectivity index (χ0) is 16.4. The van der Waals surface area contributed by atoms with Crippen LogP contribution in [0, 0.1) is 5.41 Å². The van der Waals surface area contributed by atoms with E-state index in [0.717, 1.165) is 19.0 Å². The molecule has 0 aromatic heterocycles. The van der Waals surface area contributed by atoms with E-state index in [0.29, 0.717) is 0 Å². The molecule has 1 aliphatic heterocycles. The number of hydrogen-bond donors (Lipinski definition) is 2. The first-order chi connectivity index (χ1) is 10.5. The van der Waals surface area contributed by atoms with Crippen molar-refractivity contribution in [3.05, 3.63) is 0 Å². The Labute approximate surface area is 160 Å². The van der Waals surface area contributed by atoms with Crippen molar-refractivity contribution in [3.8, 4) is 0 Å². The Morgan fingerprint density at radius 3 is 2.35 bits per heavy atom. The van der Waals surface area contributed by atoms with E-state index >= 15 is 0 Å². The Kier molecular flexibility index (Phi) is 12.3. The van der Waals surface area contributed by atoms with Crippen LogP contribution in [0.25, 0.3) is 0 Å². The van der Waals surface area contributed by atoms with Gasteiger partial charge < -0.3 is 20.3 Å². The Morgan fingerprint density at radius 1 is 1.17 bits per heavy atom. The summed E-state index contributed by atoms with van der Waals surface area (Å²) in [6.45, 7) is 12.1. The van der Waals surface area contributed by atoms with Crippen LogP contribution in [0.3, 0.4) is 0 Å². The highest BCUT2D eigenvalue weighted by Gasteiger charge is 2.24. The van der Waals surface area contributed by atoms with Gasteiger partial charge in [-0.15, -0.1) is 24.0 Å². The van der Waals surface area contributed by atoms with Gasteiger partial charge in [-0.25, -0.2) is 0 Å².